The van der Waals surface area contributed by atoms with Gasteiger partial charge >= 0.3 is 12.2 Å². The zero-order chi connectivity index (χ0) is 16.4. The predicted molar refractivity (Wildman–Crippen MR) is 66.1 cm³/mol. The molecule has 1 aliphatic rings. The molecule has 118 valence electrons. The summed E-state index contributed by atoms with van der Waals surface area (Å²) in [5.74, 6) is -0.971. The summed E-state index contributed by atoms with van der Waals surface area (Å²) >= 11 is 0. The summed E-state index contributed by atoms with van der Waals surface area (Å²) in [7, 11) is 0. The lowest BCUT2D eigenvalue weighted by molar-refractivity contribution is -0.369. The Morgan fingerprint density at radius 2 is 1.70 bits per heavy atom. The van der Waals surface area contributed by atoms with E-state index in [9.17, 15) is 22.0 Å². The molecule has 0 radical (unpaired) electrons. The highest BCUT2D eigenvalue weighted by atomic mass is 19.3. The minimum atomic E-state index is -4.15. The van der Waals surface area contributed by atoms with Crippen molar-refractivity contribution in [1.29, 1.82) is 0 Å². The molecule has 0 spiro atoms. The molecular weight excluding hydrogens is 323 g/mol. The number of nitrogens with zero attached hydrogens (tertiary/aromatic N) is 2. The van der Waals surface area contributed by atoms with E-state index in [1.54, 1.807) is 0 Å². The predicted octanol–water partition coefficient (Wildman–Crippen LogP) is 4.16. The second-order valence-corrected chi connectivity index (χ2v) is 4.88. The van der Waals surface area contributed by atoms with E-state index in [1.165, 1.54) is 12.3 Å². The Morgan fingerprint density at radius 3 is 2.39 bits per heavy atom. The number of aromatic nitrogens is 2. The van der Waals surface area contributed by atoms with E-state index in [0.717, 1.165) is 18.3 Å². The largest absolute Gasteiger partial charge is 0.436 e. The minimum Gasteiger partial charge on any atom is -0.436 e. The summed E-state index contributed by atoms with van der Waals surface area (Å²) in [5, 5.41) is 0. The van der Waals surface area contributed by atoms with Crippen molar-refractivity contribution in [3.63, 3.8) is 0 Å². The van der Waals surface area contributed by atoms with Crippen molar-refractivity contribution in [2.24, 2.45) is 0 Å². The van der Waals surface area contributed by atoms with E-state index >= 15 is 0 Å². The van der Waals surface area contributed by atoms with Gasteiger partial charge in [-0.3, -0.25) is 4.98 Å². The first-order chi connectivity index (χ1) is 10.8. The van der Waals surface area contributed by atoms with E-state index in [0.29, 0.717) is 0 Å². The van der Waals surface area contributed by atoms with Crippen molar-refractivity contribution in [3.05, 3.63) is 47.5 Å². The maximum atomic E-state index is 13.7. The molecular formula is C14H5F5N2O2. The fourth-order valence-corrected chi connectivity index (χ4v) is 2.39. The SMILES string of the molecule is Fc1cnccc1-c1nc2cc3c(cc2o1)C(F)(F)OC3(F)F. The third kappa shape index (κ3) is 2.00. The molecule has 1 aromatic carbocycles. The third-order valence-corrected chi connectivity index (χ3v) is 3.41. The van der Waals surface area contributed by atoms with Crippen LogP contribution in [0.1, 0.15) is 11.1 Å². The number of fused-ring (bicyclic) bond motifs is 2. The van der Waals surface area contributed by atoms with Crippen molar-refractivity contribution >= 4 is 11.1 Å². The minimum absolute atomic E-state index is 0.0638. The highest BCUT2D eigenvalue weighted by Crippen LogP contribution is 2.52. The third-order valence-electron chi connectivity index (χ3n) is 3.41. The molecule has 1 aliphatic heterocycles. The van der Waals surface area contributed by atoms with Gasteiger partial charge in [-0.25, -0.2) is 14.1 Å². The summed E-state index contributed by atoms with van der Waals surface area (Å²) in [5.41, 5.74) is -2.36. The number of pyridine rings is 1. The first-order valence-corrected chi connectivity index (χ1v) is 6.29. The molecule has 0 saturated heterocycles. The number of hydrogen-bond acceptors (Lipinski definition) is 4. The summed E-state index contributed by atoms with van der Waals surface area (Å²) in [6, 6.07) is 2.74. The lowest BCUT2D eigenvalue weighted by Crippen LogP contribution is -2.17. The van der Waals surface area contributed by atoms with E-state index < -0.39 is 29.2 Å². The molecule has 4 rings (SSSR count). The van der Waals surface area contributed by atoms with Crippen LogP contribution in [0.25, 0.3) is 22.6 Å². The first kappa shape index (κ1) is 14.1. The number of hydrogen-bond donors (Lipinski definition) is 0. The van der Waals surface area contributed by atoms with Gasteiger partial charge in [0.1, 0.15) is 5.52 Å². The van der Waals surface area contributed by atoms with Gasteiger partial charge in [0.2, 0.25) is 5.89 Å². The molecule has 0 unspecified atom stereocenters. The Balaban J connectivity index is 1.94. The molecule has 0 atom stereocenters. The maximum absolute atomic E-state index is 13.7. The molecule has 0 N–H and O–H groups in total. The monoisotopic (exact) mass is 328 g/mol. The molecule has 0 aliphatic carbocycles. The highest BCUT2D eigenvalue weighted by Gasteiger charge is 2.57. The van der Waals surface area contributed by atoms with E-state index in [-0.39, 0.29) is 22.6 Å². The van der Waals surface area contributed by atoms with Gasteiger partial charge in [-0.15, -0.1) is 0 Å². The van der Waals surface area contributed by atoms with Gasteiger partial charge in [0.05, 0.1) is 22.9 Å². The Labute approximate surface area is 124 Å². The van der Waals surface area contributed by atoms with Gasteiger partial charge in [-0.2, -0.15) is 17.6 Å². The fraction of sp³-hybridized carbons (Fsp3) is 0.143. The molecule has 2 aromatic heterocycles. The summed E-state index contributed by atoms with van der Waals surface area (Å²) < 4.78 is 76.4. The topological polar surface area (TPSA) is 48.2 Å². The smallest absolute Gasteiger partial charge is 0.388 e. The van der Waals surface area contributed by atoms with Gasteiger partial charge in [-0.05, 0) is 18.2 Å². The lowest BCUT2D eigenvalue weighted by Gasteiger charge is -2.10. The van der Waals surface area contributed by atoms with Crippen molar-refractivity contribution < 1.29 is 31.1 Å². The van der Waals surface area contributed by atoms with Crippen LogP contribution < -0.4 is 0 Å². The van der Waals surface area contributed by atoms with Crippen molar-refractivity contribution in [2.45, 2.75) is 12.2 Å². The van der Waals surface area contributed by atoms with Crippen LogP contribution in [-0.4, -0.2) is 9.97 Å². The normalized spacial score (nSPS) is 18.3. The van der Waals surface area contributed by atoms with Gasteiger partial charge in [0.15, 0.2) is 11.4 Å². The van der Waals surface area contributed by atoms with Crippen LogP contribution in [0.3, 0.4) is 0 Å². The average Bonchev–Trinajstić information content (AvgIpc) is 2.94. The maximum Gasteiger partial charge on any atom is 0.388 e. The standard InChI is InChI=1S/C14H5F5N2O2/c15-9-5-20-2-1-6(9)12-21-10-3-7-8(4-11(10)22-12)14(18,19)23-13(7,16)17/h1-5H. The van der Waals surface area contributed by atoms with Crippen molar-refractivity contribution in [1.82, 2.24) is 9.97 Å². The summed E-state index contributed by atoms with van der Waals surface area (Å²) in [6.07, 6.45) is -6.10. The Hall–Kier alpha value is -2.55. The number of oxazole rings is 1. The number of alkyl halides is 4. The quantitative estimate of drug-likeness (QED) is 0.630. The van der Waals surface area contributed by atoms with Gasteiger partial charge in [-0.1, -0.05) is 0 Å². The van der Waals surface area contributed by atoms with Crippen molar-refractivity contribution in [3.8, 4) is 11.5 Å². The average molecular weight is 328 g/mol. The van der Waals surface area contributed by atoms with Crippen LogP contribution in [0, 0.1) is 5.82 Å². The molecule has 0 saturated carbocycles. The van der Waals surface area contributed by atoms with E-state index in [2.05, 4.69) is 14.7 Å². The van der Waals surface area contributed by atoms with Crippen LogP contribution in [0.5, 0.6) is 0 Å². The van der Waals surface area contributed by atoms with Gasteiger partial charge < -0.3 is 4.42 Å². The second-order valence-electron chi connectivity index (χ2n) is 4.88. The Bertz CT molecular complexity index is 887. The molecule has 0 amide bonds. The number of halogens is 5. The number of rotatable bonds is 1. The first-order valence-electron chi connectivity index (χ1n) is 6.29. The van der Waals surface area contributed by atoms with Crippen LogP contribution in [0.15, 0.2) is 35.0 Å². The van der Waals surface area contributed by atoms with Gasteiger partial charge in [0, 0.05) is 6.20 Å². The molecule has 4 nitrogen and oxygen atoms in total. The molecule has 3 heterocycles. The zero-order valence-electron chi connectivity index (χ0n) is 11.0. The highest BCUT2D eigenvalue weighted by molar-refractivity contribution is 5.78. The van der Waals surface area contributed by atoms with Crippen LogP contribution in [0.4, 0.5) is 22.0 Å². The van der Waals surface area contributed by atoms with Crippen LogP contribution >= 0.6 is 0 Å². The molecule has 0 fully saturated rings. The molecule has 23 heavy (non-hydrogen) atoms. The molecule has 0 bridgehead atoms. The number of ether oxygens (including phenoxy) is 1. The van der Waals surface area contributed by atoms with Crippen LogP contribution in [0.2, 0.25) is 0 Å². The number of benzene rings is 1. The van der Waals surface area contributed by atoms with E-state index in [4.69, 9.17) is 4.42 Å². The Morgan fingerprint density at radius 1 is 1.00 bits per heavy atom. The molecule has 9 heteroatoms. The summed E-state index contributed by atoms with van der Waals surface area (Å²) in [6.45, 7) is 0. The van der Waals surface area contributed by atoms with E-state index in [1.807, 2.05) is 0 Å². The second kappa shape index (κ2) is 4.25. The van der Waals surface area contributed by atoms with Crippen LogP contribution in [-0.2, 0) is 17.0 Å². The van der Waals surface area contributed by atoms with Crippen molar-refractivity contribution in [2.75, 3.05) is 0 Å². The zero-order valence-corrected chi connectivity index (χ0v) is 11.0. The van der Waals surface area contributed by atoms with Gasteiger partial charge in [0.25, 0.3) is 0 Å². The fourth-order valence-electron chi connectivity index (χ4n) is 2.39. The molecule has 3 aromatic rings. The lowest BCUT2D eigenvalue weighted by atomic mass is 10.1. The summed E-state index contributed by atoms with van der Waals surface area (Å²) in [4.78, 5) is 7.42. The Kier molecular flexibility index (Phi) is 2.60.